The van der Waals surface area contributed by atoms with E-state index in [4.69, 9.17) is 9.47 Å². The number of ether oxygens (including phenoxy) is 2. The van der Waals surface area contributed by atoms with Crippen molar-refractivity contribution in [3.8, 4) is 5.75 Å². The fourth-order valence-electron chi connectivity index (χ4n) is 4.93. The van der Waals surface area contributed by atoms with Gasteiger partial charge in [0.05, 0.1) is 49.5 Å². The molecule has 1 N–H and O–H groups in total. The van der Waals surface area contributed by atoms with Gasteiger partial charge in [0.25, 0.3) is 0 Å². The molecule has 0 saturated carbocycles. The van der Waals surface area contributed by atoms with Gasteiger partial charge in [0, 0.05) is 45.6 Å². The Morgan fingerprint density at radius 1 is 1.31 bits per heavy atom. The minimum absolute atomic E-state index is 0.0526. The summed E-state index contributed by atoms with van der Waals surface area (Å²) in [5.74, 6) is 1.05. The van der Waals surface area contributed by atoms with Crippen LogP contribution in [0.5, 0.6) is 5.75 Å². The Balaban J connectivity index is 1.49. The van der Waals surface area contributed by atoms with E-state index in [9.17, 15) is 9.90 Å². The first-order chi connectivity index (χ1) is 17.4. The van der Waals surface area contributed by atoms with Crippen LogP contribution in [-0.4, -0.2) is 94.9 Å². The highest BCUT2D eigenvalue weighted by Crippen LogP contribution is 2.31. The highest BCUT2D eigenvalue weighted by atomic mass is 16.5. The zero-order valence-electron chi connectivity index (χ0n) is 22.0. The van der Waals surface area contributed by atoms with Crippen LogP contribution in [0.1, 0.15) is 37.9 Å². The van der Waals surface area contributed by atoms with Crippen molar-refractivity contribution >= 4 is 11.6 Å². The lowest BCUT2D eigenvalue weighted by molar-refractivity contribution is -0.136. The summed E-state index contributed by atoms with van der Waals surface area (Å²) < 4.78 is 14.2. The second-order valence-electron chi connectivity index (χ2n) is 10.2. The number of anilines is 1. The summed E-state index contributed by atoms with van der Waals surface area (Å²) in [6.45, 7) is 8.55. The molecule has 36 heavy (non-hydrogen) atoms. The van der Waals surface area contributed by atoms with Gasteiger partial charge in [0.15, 0.2) is 0 Å². The van der Waals surface area contributed by atoms with E-state index < -0.39 is 0 Å². The molecule has 0 radical (unpaired) electrons. The van der Waals surface area contributed by atoms with Crippen LogP contribution in [0.3, 0.4) is 0 Å². The Morgan fingerprint density at radius 3 is 2.94 bits per heavy atom. The van der Waals surface area contributed by atoms with Crippen LogP contribution in [0.25, 0.3) is 0 Å². The number of benzene rings is 1. The number of aliphatic hydroxyl groups is 1. The minimum Gasteiger partial charge on any atom is -0.490 e. The maximum Gasteiger partial charge on any atom is 0.222 e. The quantitative estimate of drug-likeness (QED) is 0.641. The van der Waals surface area contributed by atoms with Crippen LogP contribution >= 0.6 is 0 Å². The van der Waals surface area contributed by atoms with Gasteiger partial charge in [-0.3, -0.25) is 9.69 Å². The van der Waals surface area contributed by atoms with Crippen LogP contribution in [0.4, 0.5) is 5.69 Å². The normalized spacial score (nSPS) is 22.3. The lowest BCUT2D eigenvalue weighted by Gasteiger charge is -2.35. The Bertz CT molecular complexity index is 1010. The molecule has 0 saturated heterocycles. The van der Waals surface area contributed by atoms with Crippen LogP contribution in [-0.2, 0) is 29.2 Å². The summed E-state index contributed by atoms with van der Waals surface area (Å²) in [6, 6.07) is 6.16. The average Bonchev–Trinajstić information content (AvgIpc) is 3.31. The number of hydrogen-bond donors (Lipinski definition) is 1. The SMILES string of the molecule is C[C@H]1CN([C@@H](C)CO)C(=O)CCCn2nncc2CO[C@H]1CN(C)Cc1ccc2c(c1)OCCN2C. The van der Waals surface area contributed by atoms with Gasteiger partial charge in [-0.1, -0.05) is 18.2 Å². The van der Waals surface area contributed by atoms with Crippen molar-refractivity contribution in [2.75, 3.05) is 51.8 Å². The lowest BCUT2D eigenvalue weighted by Crippen LogP contribution is -2.47. The molecule has 2 aromatic rings. The van der Waals surface area contributed by atoms with Gasteiger partial charge >= 0.3 is 0 Å². The van der Waals surface area contributed by atoms with Crippen molar-refractivity contribution in [1.82, 2.24) is 24.8 Å². The maximum absolute atomic E-state index is 13.0. The number of carbonyl (C=O) groups excluding carboxylic acids is 1. The molecular formula is C26H40N6O4. The van der Waals surface area contributed by atoms with Crippen LogP contribution in [0, 0.1) is 5.92 Å². The number of carbonyl (C=O) groups is 1. The third-order valence-corrected chi connectivity index (χ3v) is 7.20. The van der Waals surface area contributed by atoms with Crippen molar-refractivity contribution in [3.05, 3.63) is 35.7 Å². The molecule has 0 unspecified atom stereocenters. The highest BCUT2D eigenvalue weighted by Gasteiger charge is 2.28. The number of aromatic nitrogens is 3. The molecule has 2 aliphatic rings. The fourth-order valence-corrected chi connectivity index (χ4v) is 4.93. The fraction of sp³-hybridized carbons (Fsp3) is 0.654. The van der Waals surface area contributed by atoms with Gasteiger partial charge in [-0.15, -0.1) is 5.10 Å². The second kappa shape index (κ2) is 12.0. The Hall–Kier alpha value is -2.69. The molecule has 1 aromatic heterocycles. The first-order valence-electron chi connectivity index (χ1n) is 12.9. The molecule has 1 aromatic carbocycles. The molecule has 10 heteroatoms. The molecule has 0 fully saturated rings. The summed E-state index contributed by atoms with van der Waals surface area (Å²) >= 11 is 0. The number of aryl methyl sites for hydroxylation is 1. The zero-order chi connectivity index (χ0) is 25.7. The molecular weight excluding hydrogens is 460 g/mol. The molecule has 3 heterocycles. The molecule has 198 valence electrons. The average molecular weight is 501 g/mol. The number of amides is 1. The summed E-state index contributed by atoms with van der Waals surface area (Å²) in [5, 5.41) is 18.0. The lowest BCUT2D eigenvalue weighted by atomic mass is 10.0. The Kier molecular flexibility index (Phi) is 8.81. The summed E-state index contributed by atoms with van der Waals surface area (Å²) in [7, 11) is 4.17. The van der Waals surface area contributed by atoms with E-state index in [1.54, 1.807) is 6.20 Å². The summed E-state index contributed by atoms with van der Waals surface area (Å²) in [5.41, 5.74) is 3.22. The van der Waals surface area contributed by atoms with E-state index in [1.807, 2.05) is 16.5 Å². The summed E-state index contributed by atoms with van der Waals surface area (Å²) in [4.78, 5) is 19.3. The van der Waals surface area contributed by atoms with Crippen molar-refractivity contribution in [1.29, 1.82) is 0 Å². The van der Waals surface area contributed by atoms with Gasteiger partial charge in [-0.25, -0.2) is 4.68 Å². The molecule has 4 rings (SSSR count). The van der Waals surface area contributed by atoms with Gasteiger partial charge in [0.2, 0.25) is 5.91 Å². The van der Waals surface area contributed by atoms with E-state index in [-0.39, 0.29) is 30.6 Å². The smallest absolute Gasteiger partial charge is 0.222 e. The van der Waals surface area contributed by atoms with E-state index in [0.29, 0.717) is 45.7 Å². The molecule has 3 atom stereocenters. The van der Waals surface area contributed by atoms with E-state index >= 15 is 0 Å². The van der Waals surface area contributed by atoms with Gasteiger partial charge < -0.3 is 24.4 Å². The maximum atomic E-state index is 13.0. The number of nitrogens with zero attached hydrogens (tertiary/aromatic N) is 6. The van der Waals surface area contributed by atoms with Gasteiger partial charge in [-0.05, 0) is 38.1 Å². The largest absolute Gasteiger partial charge is 0.490 e. The Labute approximate surface area is 213 Å². The monoisotopic (exact) mass is 500 g/mol. The van der Waals surface area contributed by atoms with Gasteiger partial charge in [0.1, 0.15) is 12.4 Å². The predicted octanol–water partition coefficient (Wildman–Crippen LogP) is 1.76. The van der Waals surface area contributed by atoms with Gasteiger partial charge in [-0.2, -0.15) is 0 Å². The molecule has 0 bridgehead atoms. The molecule has 0 spiro atoms. The number of likely N-dealkylation sites (N-methyl/N-ethyl adjacent to an activating group) is 2. The van der Waals surface area contributed by atoms with E-state index in [2.05, 4.69) is 59.3 Å². The molecule has 0 aliphatic carbocycles. The first-order valence-corrected chi connectivity index (χ1v) is 12.9. The van der Waals surface area contributed by atoms with Crippen molar-refractivity contribution in [2.45, 2.75) is 58.5 Å². The topological polar surface area (TPSA) is 96.2 Å². The number of aliphatic hydroxyl groups excluding tert-OH is 1. The third kappa shape index (κ3) is 6.35. The number of rotatable bonds is 6. The molecule has 10 nitrogen and oxygen atoms in total. The van der Waals surface area contributed by atoms with Crippen molar-refractivity contribution in [2.24, 2.45) is 5.92 Å². The molecule has 1 amide bonds. The molecule has 2 aliphatic heterocycles. The Morgan fingerprint density at radius 2 is 2.14 bits per heavy atom. The van der Waals surface area contributed by atoms with E-state index in [1.165, 1.54) is 5.56 Å². The third-order valence-electron chi connectivity index (χ3n) is 7.20. The minimum atomic E-state index is -0.239. The second-order valence-corrected chi connectivity index (χ2v) is 10.2. The zero-order valence-corrected chi connectivity index (χ0v) is 22.0. The van der Waals surface area contributed by atoms with Crippen LogP contribution in [0.15, 0.2) is 24.4 Å². The van der Waals surface area contributed by atoms with Crippen molar-refractivity contribution in [3.63, 3.8) is 0 Å². The standard InChI is InChI=1S/C26H40N6O4/c1-19-14-31(20(2)17-33)26(34)6-5-9-32-22(13-27-28-32)18-36-25(19)16-29(3)15-21-7-8-23-24(12-21)35-11-10-30(23)4/h7-8,12-13,19-20,25,33H,5-6,9-11,14-18H2,1-4H3/t19-,20-,25-/m0/s1. The number of hydrogen-bond acceptors (Lipinski definition) is 8. The van der Waals surface area contributed by atoms with E-state index in [0.717, 1.165) is 30.2 Å². The highest BCUT2D eigenvalue weighted by molar-refractivity contribution is 5.76. The van der Waals surface area contributed by atoms with Crippen molar-refractivity contribution < 1.29 is 19.4 Å². The number of fused-ring (bicyclic) bond motifs is 2. The predicted molar refractivity (Wildman–Crippen MR) is 137 cm³/mol. The van der Waals surface area contributed by atoms with Crippen LogP contribution < -0.4 is 9.64 Å². The van der Waals surface area contributed by atoms with Crippen LogP contribution in [0.2, 0.25) is 0 Å². The summed E-state index contributed by atoms with van der Waals surface area (Å²) in [6.07, 6.45) is 2.70. The first kappa shape index (κ1) is 26.4.